The Balaban J connectivity index is 1.88. The summed E-state index contributed by atoms with van der Waals surface area (Å²) in [4.78, 5) is 4.11. The summed E-state index contributed by atoms with van der Waals surface area (Å²) in [5.74, 6) is 1.89. The second kappa shape index (κ2) is 3.93. The third-order valence-electron chi connectivity index (χ3n) is 2.20. The SMILES string of the molecule is Ic1noc(C2COc3ccccc3O2)n1. The topological polar surface area (TPSA) is 57.4 Å². The van der Waals surface area contributed by atoms with E-state index in [1.807, 2.05) is 46.9 Å². The van der Waals surface area contributed by atoms with Crippen LogP contribution in [0, 0.1) is 3.83 Å². The largest absolute Gasteiger partial charge is 0.485 e. The second-order valence-corrected chi connectivity index (χ2v) is 4.23. The smallest absolute Gasteiger partial charge is 0.272 e. The summed E-state index contributed by atoms with van der Waals surface area (Å²) in [5.41, 5.74) is 0. The zero-order valence-electron chi connectivity index (χ0n) is 8.09. The highest BCUT2D eigenvalue weighted by atomic mass is 127. The van der Waals surface area contributed by atoms with E-state index in [0.29, 0.717) is 22.1 Å². The highest BCUT2D eigenvalue weighted by molar-refractivity contribution is 14.1. The van der Waals surface area contributed by atoms with E-state index >= 15 is 0 Å². The number of fused-ring (bicyclic) bond motifs is 1. The van der Waals surface area contributed by atoms with Crippen LogP contribution in [0.15, 0.2) is 28.8 Å². The number of para-hydroxylation sites is 2. The van der Waals surface area contributed by atoms with Crippen LogP contribution in [0.3, 0.4) is 0 Å². The van der Waals surface area contributed by atoms with Crippen molar-refractivity contribution in [3.63, 3.8) is 0 Å². The number of rotatable bonds is 1. The molecule has 2 aromatic rings. The first-order chi connectivity index (χ1) is 7.83. The summed E-state index contributed by atoms with van der Waals surface area (Å²) >= 11 is 1.98. The van der Waals surface area contributed by atoms with Gasteiger partial charge in [0.1, 0.15) is 6.61 Å². The molecule has 2 heterocycles. The molecule has 16 heavy (non-hydrogen) atoms. The monoisotopic (exact) mass is 330 g/mol. The van der Waals surface area contributed by atoms with Gasteiger partial charge in [-0.15, -0.1) is 0 Å². The molecule has 3 rings (SSSR count). The Labute approximate surface area is 105 Å². The molecule has 0 amide bonds. The average molecular weight is 330 g/mol. The lowest BCUT2D eigenvalue weighted by atomic mass is 10.2. The first kappa shape index (κ1) is 9.88. The van der Waals surface area contributed by atoms with E-state index < -0.39 is 0 Å². The van der Waals surface area contributed by atoms with E-state index in [0.717, 1.165) is 5.75 Å². The van der Waals surface area contributed by atoms with E-state index in [2.05, 4.69) is 10.1 Å². The van der Waals surface area contributed by atoms with Crippen molar-refractivity contribution in [3.05, 3.63) is 34.0 Å². The van der Waals surface area contributed by atoms with Crippen LogP contribution in [0.25, 0.3) is 0 Å². The zero-order chi connectivity index (χ0) is 11.0. The Morgan fingerprint density at radius 3 is 2.81 bits per heavy atom. The molecule has 1 aromatic carbocycles. The highest BCUT2D eigenvalue weighted by Crippen LogP contribution is 2.35. The first-order valence-corrected chi connectivity index (χ1v) is 5.78. The number of hydrogen-bond acceptors (Lipinski definition) is 5. The van der Waals surface area contributed by atoms with Gasteiger partial charge < -0.3 is 14.0 Å². The van der Waals surface area contributed by atoms with Gasteiger partial charge in [0.15, 0.2) is 11.5 Å². The second-order valence-electron chi connectivity index (χ2n) is 3.27. The van der Waals surface area contributed by atoms with Crippen molar-refractivity contribution in [2.75, 3.05) is 6.61 Å². The van der Waals surface area contributed by atoms with Crippen LogP contribution in [0.1, 0.15) is 12.0 Å². The standard InChI is InChI=1S/C10H7IN2O3/c11-10-12-9(16-13-10)8-5-14-6-3-1-2-4-7(6)15-8/h1-4,8H,5H2. The minimum atomic E-state index is -0.328. The van der Waals surface area contributed by atoms with Crippen molar-refractivity contribution in [1.29, 1.82) is 0 Å². The van der Waals surface area contributed by atoms with E-state index in [1.165, 1.54) is 0 Å². The molecule has 0 saturated carbocycles. The van der Waals surface area contributed by atoms with E-state index in [9.17, 15) is 0 Å². The molecule has 0 N–H and O–H groups in total. The minimum Gasteiger partial charge on any atom is -0.485 e. The average Bonchev–Trinajstić information content (AvgIpc) is 2.75. The van der Waals surface area contributed by atoms with Gasteiger partial charge in [-0.05, 0) is 12.1 Å². The maximum Gasteiger partial charge on any atom is 0.272 e. The molecule has 1 aliphatic rings. The molecular formula is C10H7IN2O3. The lowest BCUT2D eigenvalue weighted by Crippen LogP contribution is -2.21. The number of ether oxygens (including phenoxy) is 2. The van der Waals surface area contributed by atoms with E-state index in [1.54, 1.807) is 0 Å². The molecule has 1 unspecified atom stereocenters. The summed E-state index contributed by atoms with van der Waals surface area (Å²) in [5, 5.41) is 3.71. The van der Waals surface area contributed by atoms with Crippen molar-refractivity contribution in [1.82, 2.24) is 10.1 Å². The van der Waals surface area contributed by atoms with Crippen LogP contribution >= 0.6 is 22.6 Å². The Kier molecular flexibility index (Phi) is 2.43. The maximum atomic E-state index is 5.71. The Morgan fingerprint density at radius 1 is 1.25 bits per heavy atom. The minimum absolute atomic E-state index is 0.328. The lowest BCUT2D eigenvalue weighted by Gasteiger charge is -2.23. The molecule has 0 radical (unpaired) electrons. The van der Waals surface area contributed by atoms with Crippen LogP contribution in [-0.2, 0) is 0 Å². The highest BCUT2D eigenvalue weighted by Gasteiger charge is 2.26. The summed E-state index contributed by atoms with van der Waals surface area (Å²) < 4.78 is 16.9. The van der Waals surface area contributed by atoms with Crippen molar-refractivity contribution in [3.8, 4) is 11.5 Å². The molecule has 1 atom stereocenters. The lowest BCUT2D eigenvalue weighted by molar-refractivity contribution is 0.0665. The third-order valence-corrected chi connectivity index (χ3v) is 2.64. The number of halogens is 1. The predicted molar refractivity (Wildman–Crippen MR) is 62.3 cm³/mol. The molecule has 0 spiro atoms. The van der Waals surface area contributed by atoms with Crippen molar-refractivity contribution < 1.29 is 14.0 Å². The number of aromatic nitrogens is 2. The molecule has 0 aliphatic carbocycles. The number of nitrogens with zero attached hydrogens (tertiary/aromatic N) is 2. The number of hydrogen-bond donors (Lipinski definition) is 0. The van der Waals surface area contributed by atoms with Crippen LogP contribution in [-0.4, -0.2) is 16.7 Å². The fraction of sp³-hybridized carbons (Fsp3) is 0.200. The van der Waals surface area contributed by atoms with Gasteiger partial charge >= 0.3 is 0 Å². The van der Waals surface area contributed by atoms with Gasteiger partial charge in [-0.1, -0.05) is 17.3 Å². The number of benzene rings is 1. The molecule has 0 fully saturated rings. The van der Waals surface area contributed by atoms with Crippen molar-refractivity contribution >= 4 is 22.6 Å². The van der Waals surface area contributed by atoms with Crippen LogP contribution in [0.4, 0.5) is 0 Å². The zero-order valence-corrected chi connectivity index (χ0v) is 10.2. The van der Waals surface area contributed by atoms with Gasteiger partial charge in [-0.3, -0.25) is 0 Å². The molecule has 0 bridgehead atoms. The van der Waals surface area contributed by atoms with Crippen molar-refractivity contribution in [2.45, 2.75) is 6.10 Å². The normalized spacial score (nSPS) is 18.4. The predicted octanol–water partition coefficient (Wildman–Crippen LogP) is 2.19. The summed E-state index contributed by atoms with van der Waals surface area (Å²) in [6.45, 7) is 0.384. The van der Waals surface area contributed by atoms with Crippen LogP contribution in [0.5, 0.6) is 11.5 Å². The molecule has 1 aliphatic heterocycles. The van der Waals surface area contributed by atoms with Gasteiger partial charge in [0.05, 0.1) is 0 Å². The third kappa shape index (κ3) is 1.73. The molecular weight excluding hydrogens is 323 g/mol. The van der Waals surface area contributed by atoms with Gasteiger partial charge in [-0.2, -0.15) is 4.98 Å². The quantitative estimate of drug-likeness (QED) is 0.750. The van der Waals surface area contributed by atoms with Gasteiger partial charge in [0, 0.05) is 22.6 Å². The van der Waals surface area contributed by atoms with E-state index in [4.69, 9.17) is 14.0 Å². The van der Waals surface area contributed by atoms with Crippen molar-refractivity contribution in [2.24, 2.45) is 0 Å². The van der Waals surface area contributed by atoms with Crippen LogP contribution in [0.2, 0.25) is 0 Å². The molecule has 0 saturated heterocycles. The van der Waals surface area contributed by atoms with E-state index in [-0.39, 0.29) is 6.10 Å². The molecule has 5 nitrogen and oxygen atoms in total. The Bertz CT molecular complexity index is 514. The van der Waals surface area contributed by atoms with Crippen LogP contribution < -0.4 is 9.47 Å². The summed E-state index contributed by atoms with van der Waals surface area (Å²) in [6.07, 6.45) is -0.328. The molecule has 82 valence electrons. The van der Waals surface area contributed by atoms with Gasteiger partial charge in [-0.25, -0.2) is 0 Å². The summed E-state index contributed by atoms with van der Waals surface area (Å²) in [6, 6.07) is 7.51. The van der Waals surface area contributed by atoms with Gasteiger partial charge in [0.25, 0.3) is 5.89 Å². The maximum absolute atomic E-state index is 5.71. The Hall–Kier alpha value is -1.31. The Morgan fingerprint density at radius 2 is 2.06 bits per heavy atom. The first-order valence-electron chi connectivity index (χ1n) is 4.70. The molecule has 6 heteroatoms. The fourth-order valence-electron chi connectivity index (χ4n) is 1.49. The molecule has 1 aromatic heterocycles. The summed E-state index contributed by atoms with van der Waals surface area (Å²) in [7, 11) is 0. The fourth-order valence-corrected chi connectivity index (χ4v) is 1.82. The van der Waals surface area contributed by atoms with Gasteiger partial charge in [0.2, 0.25) is 9.94 Å².